The topological polar surface area (TPSA) is 101 Å². The molecule has 3 rings (SSSR count). The molecule has 0 saturated carbocycles. The first-order valence-electron chi connectivity index (χ1n) is 8.84. The minimum atomic E-state index is -0.138. The summed E-state index contributed by atoms with van der Waals surface area (Å²) < 4.78 is 5.09. The molecule has 3 aromatic rings. The molecule has 0 radical (unpaired) electrons. The van der Waals surface area contributed by atoms with Crippen molar-refractivity contribution in [3.63, 3.8) is 0 Å². The van der Waals surface area contributed by atoms with Crippen LogP contribution < -0.4 is 20.7 Å². The van der Waals surface area contributed by atoms with E-state index in [1.54, 1.807) is 43.6 Å². The van der Waals surface area contributed by atoms with Crippen LogP contribution in [0.25, 0.3) is 0 Å². The van der Waals surface area contributed by atoms with Gasteiger partial charge in [0.05, 0.1) is 7.11 Å². The van der Waals surface area contributed by atoms with Gasteiger partial charge in [-0.1, -0.05) is 6.07 Å². The van der Waals surface area contributed by atoms with E-state index in [0.29, 0.717) is 47.7 Å². The maximum atomic E-state index is 12.1. The summed E-state index contributed by atoms with van der Waals surface area (Å²) in [6.07, 6.45) is 1.71. The molecule has 0 fully saturated rings. The van der Waals surface area contributed by atoms with Gasteiger partial charge in [0.2, 0.25) is 0 Å². The van der Waals surface area contributed by atoms with Gasteiger partial charge in [0.1, 0.15) is 29.0 Å². The van der Waals surface area contributed by atoms with Crippen LogP contribution in [0, 0.1) is 6.92 Å². The number of aromatic nitrogens is 3. The highest BCUT2D eigenvalue weighted by Crippen LogP contribution is 2.15. The van der Waals surface area contributed by atoms with Gasteiger partial charge in [-0.15, -0.1) is 0 Å². The standard InChI is InChI=1S/C20H22N6O2/c1-14-24-18(13-19(25-14)26-17-5-3-4-10-21-17)22-11-12-23-20(27)15-6-8-16(28-2)9-7-15/h3-10,13H,11-12H2,1-2H3,(H,23,27)(H2,21,22,24,25,26). The minimum Gasteiger partial charge on any atom is -0.497 e. The number of hydrogen-bond donors (Lipinski definition) is 3. The quantitative estimate of drug-likeness (QED) is 0.518. The molecule has 144 valence electrons. The number of methoxy groups -OCH3 is 1. The summed E-state index contributed by atoms with van der Waals surface area (Å²) in [4.78, 5) is 25.1. The first-order chi connectivity index (χ1) is 13.6. The highest BCUT2D eigenvalue weighted by Gasteiger charge is 2.06. The zero-order valence-corrected chi connectivity index (χ0v) is 15.8. The molecule has 0 aliphatic heterocycles. The van der Waals surface area contributed by atoms with Gasteiger partial charge >= 0.3 is 0 Å². The van der Waals surface area contributed by atoms with Crippen molar-refractivity contribution in [2.75, 3.05) is 30.8 Å². The fraction of sp³-hybridized carbons (Fsp3) is 0.200. The average Bonchev–Trinajstić information content (AvgIpc) is 2.71. The third kappa shape index (κ3) is 5.41. The number of anilines is 3. The molecule has 28 heavy (non-hydrogen) atoms. The zero-order valence-electron chi connectivity index (χ0n) is 15.8. The molecule has 0 spiro atoms. The largest absolute Gasteiger partial charge is 0.497 e. The number of nitrogens with zero attached hydrogens (tertiary/aromatic N) is 3. The number of carbonyl (C=O) groups is 1. The van der Waals surface area contributed by atoms with Gasteiger partial charge < -0.3 is 20.7 Å². The maximum Gasteiger partial charge on any atom is 0.251 e. The van der Waals surface area contributed by atoms with E-state index in [2.05, 4.69) is 30.9 Å². The van der Waals surface area contributed by atoms with Crippen molar-refractivity contribution in [1.29, 1.82) is 0 Å². The second kappa shape index (κ2) is 9.31. The van der Waals surface area contributed by atoms with Crippen LogP contribution in [0.4, 0.5) is 17.5 Å². The molecule has 0 saturated heterocycles. The monoisotopic (exact) mass is 378 g/mol. The number of rotatable bonds is 8. The van der Waals surface area contributed by atoms with Gasteiger partial charge in [0.15, 0.2) is 0 Å². The van der Waals surface area contributed by atoms with E-state index >= 15 is 0 Å². The summed E-state index contributed by atoms with van der Waals surface area (Å²) in [5.74, 6) is 3.23. The van der Waals surface area contributed by atoms with Crippen LogP contribution in [0.2, 0.25) is 0 Å². The number of carbonyl (C=O) groups excluding carboxylic acids is 1. The van der Waals surface area contributed by atoms with Crippen LogP contribution in [0.1, 0.15) is 16.2 Å². The molecule has 8 heteroatoms. The second-order valence-electron chi connectivity index (χ2n) is 5.94. The summed E-state index contributed by atoms with van der Waals surface area (Å²) in [5, 5.41) is 9.20. The molecule has 0 bridgehead atoms. The number of hydrogen-bond acceptors (Lipinski definition) is 7. The fourth-order valence-corrected chi connectivity index (χ4v) is 2.50. The summed E-state index contributed by atoms with van der Waals surface area (Å²) in [5.41, 5.74) is 0.584. The van der Waals surface area contributed by atoms with Crippen LogP contribution >= 0.6 is 0 Å². The van der Waals surface area contributed by atoms with Crippen molar-refractivity contribution in [2.45, 2.75) is 6.92 Å². The summed E-state index contributed by atoms with van der Waals surface area (Å²) in [7, 11) is 1.59. The zero-order chi connectivity index (χ0) is 19.8. The smallest absolute Gasteiger partial charge is 0.251 e. The summed E-state index contributed by atoms with van der Waals surface area (Å²) >= 11 is 0. The van der Waals surface area contributed by atoms with Gasteiger partial charge in [-0.2, -0.15) is 0 Å². The molecule has 0 atom stereocenters. The molecule has 8 nitrogen and oxygen atoms in total. The van der Waals surface area contributed by atoms with Crippen LogP contribution in [-0.2, 0) is 0 Å². The van der Waals surface area contributed by atoms with Crippen molar-refractivity contribution < 1.29 is 9.53 Å². The number of aryl methyl sites for hydroxylation is 1. The molecule has 0 aliphatic carbocycles. The van der Waals surface area contributed by atoms with E-state index in [1.165, 1.54) is 0 Å². The van der Waals surface area contributed by atoms with Crippen LogP contribution in [-0.4, -0.2) is 41.1 Å². The highest BCUT2D eigenvalue weighted by molar-refractivity contribution is 5.94. The van der Waals surface area contributed by atoms with Gasteiger partial charge in [0, 0.05) is 30.9 Å². The molecule has 2 aromatic heterocycles. The molecular formula is C20H22N6O2. The van der Waals surface area contributed by atoms with Crippen LogP contribution in [0.5, 0.6) is 5.75 Å². The van der Waals surface area contributed by atoms with Crippen molar-refractivity contribution in [2.24, 2.45) is 0 Å². The van der Waals surface area contributed by atoms with E-state index in [1.807, 2.05) is 25.1 Å². The Morgan fingerprint density at radius 3 is 2.50 bits per heavy atom. The van der Waals surface area contributed by atoms with Gasteiger partial charge in [-0.25, -0.2) is 15.0 Å². The number of benzene rings is 1. The summed E-state index contributed by atoms with van der Waals surface area (Å²) in [6, 6.07) is 14.4. The maximum absolute atomic E-state index is 12.1. The Balaban J connectivity index is 1.50. The molecule has 2 heterocycles. The minimum absolute atomic E-state index is 0.138. The third-order valence-electron chi connectivity index (χ3n) is 3.83. The SMILES string of the molecule is COc1ccc(C(=O)NCCNc2cc(Nc3ccccn3)nc(C)n2)cc1. The van der Waals surface area contributed by atoms with Crippen molar-refractivity contribution in [1.82, 2.24) is 20.3 Å². The van der Waals surface area contributed by atoms with Crippen molar-refractivity contribution >= 4 is 23.4 Å². The Labute approximate surface area is 163 Å². The van der Waals surface area contributed by atoms with Gasteiger partial charge in [-0.05, 0) is 43.3 Å². The fourth-order valence-electron chi connectivity index (χ4n) is 2.50. The number of ether oxygens (including phenoxy) is 1. The lowest BCUT2D eigenvalue weighted by molar-refractivity contribution is 0.0955. The van der Waals surface area contributed by atoms with E-state index in [9.17, 15) is 4.79 Å². The number of amides is 1. The number of nitrogens with one attached hydrogen (secondary N) is 3. The highest BCUT2D eigenvalue weighted by atomic mass is 16.5. The Kier molecular flexibility index (Phi) is 6.35. The molecular weight excluding hydrogens is 356 g/mol. The van der Waals surface area contributed by atoms with Crippen molar-refractivity contribution in [3.8, 4) is 5.75 Å². The molecule has 3 N–H and O–H groups in total. The molecule has 1 aromatic carbocycles. The van der Waals surface area contributed by atoms with E-state index < -0.39 is 0 Å². The Hall–Kier alpha value is -3.68. The summed E-state index contributed by atoms with van der Waals surface area (Å²) in [6.45, 7) is 2.80. The first kappa shape index (κ1) is 19.1. The van der Waals surface area contributed by atoms with Crippen LogP contribution in [0.15, 0.2) is 54.7 Å². The lowest BCUT2D eigenvalue weighted by atomic mass is 10.2. The average molecular weight is 378 g/mol. The normalized spacial score (nSPS) is 10.2. The third-order valence-corrected chi connectivity index (χ3v) is 3.83. The lowest BCUT2D eigenvalue weighted by Gasteiger charge is -2.10. The predicted molar refractivity (Wildman–Crippen MR) is 108 cm³/mol. The number of pyridine rings is 1. The second-order valence-corrected chi connectivity index (χ2v) is 5.94. The molecule has 0 unspecified atom stereocenters. The Bertz CT molecular complexity index is 916. The van der Waals surface area contributed by atoms with Crippen LogP contribution in [0.3, 0.4) is 0 Å². The lowest BCUT2D eigenvalue weighted by Crippen LogP contribution is -2.28. The van der Waals surface area contributed by atoms with Crippen molar-refractivity contribution in [3.05, 3.63) is 66.1 Å². The first-order valence-corrected chi connectivity index (χ1v) is 8.84. The Morgan fingerprint density at radius 2 is 1.79 bits per heavy atom. The molecule has 1 amide bonds. The van der Waals surface area contributed by atoms with E-state index in [0.717, 1.165) is 0 Å². The van der Waals surface area contributed by atoms with E-state index in [4.69, 9.17) is 4.74 Å². The Morgan fingerprint density at radius 1 is 1.00 bits per heavy atom. The van der Waals surface area contributed by atoms with Gasteiger partial charge in [0.25, 0.3) is 5.91 Å². The molecule has 0 aliphatic rings. The van der Waals surface area contributed by atoms with E-state index in [-0.39, 0.29) is 5.91 Å². The van der Waals surface area contributed by atoms with Gasteiger partial charge in [-0.3, -0.25) is 4.79 Å². The predicted octanol–water partition coefficient (Wildman–Crippen LogP) is 2.77.